The number of fused-ring (bicyclic) bond motifs is 1. The molecule has 1 aliphatic carbocycles. The van der Waals surface area contributed by atoms with Crippen LogP contribution in [-0.4, -0.2) is 54.8 Å². The molecular weight excluding hydrogens is 476 g/mol. The van der Waals surface area contributed by atoms with Crippen LogP contribution < -0.4 is 16.0 Å². The standard InChI is InChI=1S/C29H38N4O3.C2H6/c1-20-17-26(28(35)32-24-14-8-12-22-11-6-7-13-23(22)24)33(19-20)29(36)25(31-27(34)18-30-2)16-15-21-9-4-3-5-10-21;1-2/h3-7,9-11,13,20,24-26,30H,8,12,14-19H2,1-2H3,(H,31,34)(H,32,35);1-2H3. The number of nitrogens with zero attached hydrogens (tertiary/aromatic N) is 1. The van der Waals surface area contributed by atoms with Crippen molar-refractivity contribution in [3.05, 3.63) is 71.3 Å². The zero-order valence-corrected chi connectivity index (χ0v) is 23.3. The minimum absolute atomic E-state index is 0.0282. The second kappa shape index (κ2) is 14.7. The van der Waals surface area contributed by atoms with Crippen molar-refractivity contribution in [1.82, 2.24) is 20.9 Å². The van der Waals surface area contributed by atoms with Crippen LogP contribution in [0.4, 0.5) is 0 Å². The summed E-state index contributed by atoms with van der Waals surface area (Å²) in [5.74, 6) is -0.288. The molecule has 4 rings (SSSR count). The third kappa shape index (κ3) is 7.67. The Bertz CT molecular complexity index is 1060. The maximum Gasteiger partial charge on any atom is 0.245 e. The molecule has 2 aliphatic rings. The van der Waals surface area contributed by atoms with Gasteiger partial charge in [-0.3, -0.25) is 14.4 Å². The summed E-state index contributed by atoms with van der Waals surface area (Å²) in [4.78, 5) is 41.4. The van der Waals surface area contributed by atoms with Gasteiger partial charge in [0.25, 0.3) is 0 Å². The molecule has 0 aromatic heterocycles. The van der Waals surface area contributed by atoms with E-state index in [2.05, 4.69) is 35.0 Å². The highest BCUT2D eigenvalue weighted by Crippen LogP contribution is 2.31. The van der Waals surface area contributed by atoms with Gasteiger partial charge in [0.1, 0.15) is 12.1 Å². The molecule has 0 saturated carbocycles. The van der Waals surface area contributed by atoms with Gasteiger partial charge in [-0.05, 0) is 68.2 Å². The Morgan fingerprint density at radius 3 is 2.47 bits per heavy atom. The van der Waals surface area contributed by atoms with Crippen LogP contribution in [0.5, 0.6) is 0 Å². The van der Waals surface area contributed by atoms with Gasteiger partial charge in [-0.1, -0.05) is 75.4 Å². The number of aryl methyl sites for hydroxylation is 2. The first-order valence-electron chi connectivity index (χ1n) is 14.1. The van der Waals surface area contributed by atoms with E-state index in [1.54, 1.807) is 11.9 Å². The summed E-state index contributed by atoms with van der Waals surface area (Å²) in [6, 6.07) is 17.0. The third-order valence-corrected chi connectivity index (χ3v) is 7.32. The van der Waals surface area contributed by atoms with Crippen molar-refractivity contribution in [3.8, 4) is 0 Å². The highest BCUT2D eigenvalue weighted by Gasteiger charge is 2.41. The third-order valence-electron chi connectivity index (χ3n) is 7.32. The normalized spacial score (nSPS) is 20.9. The Morgan fingerprint density at radius 1 is 1.03 bits per heavy atom. The Kier molecular flexibility index (Phi) is 11.3. The quantitative estimate of drug-likeness (QED) is 0.469. The van der Waals surface area contributed by atoms with Gasteiger partial charge in [0.05, 0.1) is 12.6 Å². The second-order valence-corrected chi connectivity index (χ2v) is 10.2. The van der Waals surface area contributed by atoms with Crippen molar-refractivity contribution >= 4 is 17.7 Å². The second-order valence-electron chi connectivity index (χ2n) is 10.2. The number of likely N-dealkylation sites (N-methyl/N-ethyl adjacent to an activating group) is 1. The van der Waals surface area contributed by atoms with Crippen LogP contribution in [0.15, 0.2) is 54.6 Å². The zero-order chi connectivity index (χ0) is 27.5. The molecule has 0 bridgehead atoms. The lowest BCUT2D eigenvalue weighted by Gasteiger charge is -2.31. The van der Waals surface area contributed by atoms with E-state index in [0.717, 1.165) is 24.8 Å². The number of benzene rings is 2. The van der Waals surface area contributed by atoms with Gasteiger partial charge >= 0.3 is 0 Å². The SMILES string of the molecule is CC.CNCC(=O)NC(CCc1ccccc1)C(=O)N1CC(C)CC1C(=O)NC1CCCc2ccccc21. The van der Waals surface area contributed by atoms with E-state index in [0.29, 0.717) is 25.8 Å². The van der Waals surface area contributed by atoms with Crippen molar-refractivity contribution in [2.24, 2.45) is 5.92 Å². The van der Waals surface area contributed by atoms with E-state index in [1.165, 1.54) is 11.1 Å². The average molecular weight is 521 g/mol. The molecule has 7 heteroatoms. The molecule has 4 unspecified atom stereocenters. The summed E-state index contributed by atoms with van der Waals surface area (Å²) in [5.41, 5.74) is 3.58. The summed E-state index contributed by atoms with van der Waals surface area (Å²) >= 11 is 0. The van der Waals surface area contributed by atoms with Gasteiger partial charge in [0.2, 0.25) is 17.7 Å². The van der Waals surface area contributed by atoms with Crippen molar-refractivity contribution in [2.45, 2.75) is 77.4 Å². The molecule has 38 heavy (non-hydrogen) atoms. The van der Waals surface area contributed by atoms with Gasteiger partial charge in [-0.2, -0.15) is 0 Å². The Labute approximate surface area is 227 Å². The molecule has 1 saturated heterocycles. The van der Waals surface area contributed by atoms with Crippen LogP contribution in [-0.2, 0) is 27.2 Å². The largest absolute Gasteiger partial charge is 0.347 e. The molecule has 2 aromatic carbocycles. The predicted octanol–water partition coefficient (Wildman–Crippen LogP) is 3.78. The van der Waals surface area contributed by atoms with Crippen LogP contribution in [0.25, 0.3) is 0 Å². The minimum atomic E-state index is -0.679. The van der Waals surface area contributed by atoms with Gasteiger partial charge in [0, 0.05) is 6.54 Å². The summed E-state index contributed by atoms with van der Waals surface area (Å²) in [6.07, 6.45) is 4.73. The lowest BCUT2D eigenvalue weighted by atomic mass is 9.87. The first-order valence-corrected chi connectivity index (χ1v) is 14.1. The van der Waals surface area contributed by atoms with Gasteiger partial charge < -0.3 is 20.9 Å². The minimum Gasteiger partial charge on any atom is -0.347 e. The van der Waals surface area contributed by atoms with Crippen molar-refractivity contribution < 1.29 is 14.4 Å². The van der Waals surface area contributed by atoms with Crippen LogP contribution >= 0.6 is 0 Å². The lowest BCUT2D eigenvalue weighted by molar-refractivity contribution is -0.141. The number of likely N-dealkylation sites (tertiary alicyclic amines) is 1. The first-order chi connectivity index (χ1) is 18.5. The number of carbonyl (C=O) groups excluding carboxylic acids is 3. The molecule has 0 radical (unpaired) electrons. The van der Waals surface area contributed by atoms with Crippen LogP contribution in [0, 0.1) is 5.92 Å². The fraction of sp³-hybridized carbons (Fsp3) is 0.516. The molecule has 4 atom stereocenters. The summed E-state index contributed by atoms with van der Waals surface area (Å²) < 4.78 is 0. The number of carbonyl (C=O) groups is 3. The first kappa shape index (κ1) is 29.4. The van der Waals surface area contributed by atoms with E-state index in [-0.39, 0.29) is 36.2 Å². The van der Waals surface area contributed by atoms with E-state index in [1.807, 2.05) is 56.3 Å². The van der Waals surface area contributed by atoms with Crippen molar-refractivity contribution in [3.63, 3.8) is 0 Å². The van der Waals surface area contributed by atoms with E-state index < -0.39 is 12.1 Å². The van der Waals surface area contributed by atoms with Gasteiger partial charge in [0.15, 0.2) is 0 Å². The van der Waals surface area contributed by atoms with Gasteiger partial charge in [-0.25, -0.2) is 0 Å². The van der Waals surface area contributed by atoms with Crippen LogP contribution in [0.1, 0.15) is 69.2 Å². The molecule has 1 fully saturated rings. The molecule has 3 N–H and O–H groups in total. The molecule has 3 amide bonds. The lowest BCUT2D eigenvalue weighted by Crippen LogP contribution is -2.54. The maximum atomic E-state index is 13.8. The number of hydrogen-bond acceptors (Lipinski definition) is 4. The summed E-state index contributed by atoms with van der Waals surface area (Å²) in [7, 11) is 1.70. The molecule has 0 spiro atoms. The highest BCUT2D eigenvalue weighted by atomic mass is 16.2. The predicted molar refractivity (Wildman–Crippen MR) is 152 cm³/mol. The Morgan fingerprint density at radius 2 is 1.74 bits per heavy atom. The average Bonchev–Trinajstić information content (AvgIpc) is 3.34. The van der Waals surface area contributed by atoms with E-state index in [4.69, 9.17) is 0 Å². The molecule has 7 nitrogen and oxygen atoms in total. The number of amides is 3. The maximum absolute atomic E-state index is 13.8. The molecular formula is C31H44N4O3. The number of rotatable bonds is 9. The van der Waals surface area contributed by atoms with Crippen LogP contribution in [0.2, 0.25) is 0 Å². The molecule has 206 valence electrons. The number of hydrogen-bond donors (Lipinski definition) is 3. The highest BCUT2D eigenvalue weighted by molar-refractivity contribution is 5.93. The van der Waals surface area contributed by atoms with Crippen molar-refractivity contribution in [1.29, 1.82) is 0 Å². The van der Waals surface area contributed by atoms with Crippen LogP contribution in [0.3, 0.4) is 0 Å². The molecule has 2 aromatic rings. The smallest absolute Gasteiger partial charge is 0.245 e. The fourth-order valence-corrected chi connectivity index (χ4v) is 5.53. The van der Waals surface area contributed by atoms with E-state index >= 15 is 0 Å². The topological polar surface area (TPSA) is 90.5 Å². The number of nitrogens with one attached hydrogen (secondary N) is 3. The zero-order valence-electron chi connectivity index (χ0n) is 23.3. The monoisotopic (exact) mass is 520 g/mol. The fourth-order valence-electron chi connectivity index (χ4n) is 5.53. The van der Waals surface area contributed by atoms with Crippen molar-refractivity contribution in [2.75, 3.05) is 20.1 Å². The van der Waals surface area contributed by atoms with E-state index in [9.17, 15) is 14.4 Å². The van der Waals surface area contributed by atoms with Gasteiger partial charge in [-0.15, -0.1) is 0 Å². The summed E-state index contributed by atoms with van der Waals surface area (Å²) in [5, 5.41) is 9.00. The Hall–Kier alpha value is -3.19. The molecule has 1 heterocycles. The Balaban J connectivity index is 0.00000195. The molecule has 1 aliphatic heterocycles. The summed E-state index contributed by atoms with van der Waals surface area (Å²) in [6.45, 7) is 6.72.